The van der Waals surface area contributed by atoms with Crippen molar-refractivity contribution >= 4 is 17.9 Å². The first-order valence-electron chi connectivity index (χ1n) is 9.99. The molecule has 3 aromatic rings. The van der Waals surface area contributed by atoms with E-state index in [4.69, 9.17) is 19.9 Å². The molecule has 2 aromatic heterocycles. The predicted molar refractivity (Wildman–Crippen MR) is 114 cm³/mol. The van der Waals surface area contributed by atoms with Gasteiger partial charge in [-0.05, 0) is 22.4 Å². The Morgan fingerprint density at radius 2 is 2.09 bits per heavy atom. The van der Waals surface area contributed by atoms with Gasteiger partial charge >= 0.3 is 0 Å². The molecule has 14 nitrogen and oxygen atoms in total. The van der Waals surface area contributed by atoms with E-state index in [1.165, 1.54) is 25.1 Å². The van der Waals surface area contributed by atoms with Crippen LogP contribution in [0.5, 0.6) is 11.5 Å². The molecule has 0 bridgehead atoms. The first-order valence-corrected chi connectivity index (χ1v) is 9.99. The van der Waals surface area contributed by atoms with Crippen molar-refractivity contribution in [2.75, 3.05) is 46.3 Å². The second-order valence-electron chi connectivity index (χ2n) is 6.94. The van der Waals surface area contributed by atoms with E-state index in [0.717, 1.165) is 0 Å². The highest BCUT2D eigenvalue weighted by atomic mass is 16.6. The van der Waals surface area contributed by atoms with Gasteiger partial charge in [-0.15, -0.1) is 5.10 Å². The largest absolute Gasteiger partial charge is 0.493 e. The summed E-state index contributed by atoms with van der Waals surface area (Å²) in [5.41, 5.74) is 9.44. The van der Waals surface area contributed by atoms with Gasteiger partial charge in [0.05, 0.1) is 39.3 Å². The van der Waals surface area contributed by atoms with Crippen LogP contribution in [0.1, 0.15) is 21.7 Å². The number of carbonyl (C=O) groups is 1. The highest BCUT2D eigenvalue weighted by Crippen LogP contribution is 2.29. The molecule has 1 amide bonds. The lowest BCUT2D eigenvalue weighted by molar-refractivity contribution is 0.0332. The Morgan fingerprint density at radius 3 is 2.79 bits per heavy atom. The molecule has 174 valence electrons. The number of benzene rings is 1. The van der Waals surface area contributed by atoms with Crippen LogP contribution in [-0.4, -0.2) is 82.9 Å². The fourth-order valence-electron chi connectivity index (χ4n) is 3.33. The summed E-state index contributed by atoms with van der Waals surface area (Å²) in [7, 11) is 3.06. The SMILES string of the molecule is COc1cccc(/C=N/NC(=O)c2nnn(-c3nonc3N)c2CN2CCOCC2)c1OC. The lowest BCUT2D eigenvalue weighted by Crippen LogP contribution is -2.37. The van der Waals surface area contributed by atoms with Crippen molar-refractivity contribution in [1.82, 2.24) is 35.6 Å². The predicted octanol–water partition coefficient (Wildman–Crippen LogP) is -0.154. The van der Waals surface area contributed by atoms with Crippen LogP contribution in [0.15, 0.2) is 27.9 Å². The number of methoxy groups -OCH3 is 2. The van der Waals surface area contributed by atoms with E-state index < -0.39 is 5.91 Å². The molecular weight excluding hydrogens is 434 g/mol. The summed E-state index contributed by atoms with van der Waals surface area (Å²) in [6, 6.07) is 5.32. The quantitative estimate of drug-likeness (QED) is 0.341. The Morgan fingerprint density at radius 1 is 1.27 bits per heavy atom. The van der Waals surface area contributed by atoms with E-state index in [2.05, 4.69) is 40.7 Å². The molecule has 0 spiro atoms. The standard InChI is InChI=1S/C19H23N9O5/c1-30-14-5-3-4-12(16(14)31-2)10-21-23-19(29)15-13(11-27-6-8-32-9-7-27)28(26-22-15)18-17(20)24-33-25-18/h3-5,10H,6-9,11H2,1-2H3,(H2,20,24)(H,23,29)/b21-10+. The lowest BCUT2D eigenvalue weighted by Gasteiger charge is -2.26. The zero-order valence-corrected chi connectivity index (χ0v) is 18.1. The van der Waals surface area contributed by atoms with Crippen molar-refractivity contribution in [3.8, 4) is 17.3 Å². The number of morpholine rings is 1. The number of nitrogens with zero attached hydrogens (tertiary/aromatic N) is 7. The topological polar surface area (TPSA) is 168 Å². The third-order valence-corrected chi connectivity index (χ3v) is 4.95. The number of rotatable bonds is 8. The monoisotopic (exact) mass is 457 g/mol. The van der Waals surface area contributed by atoms with E-state index in [9.17, 15) is 4.79 Å². The summed E-state index contributed by atoms with van der Waals surface area (Å²) in [4.78, 5) is 15.0. The zero-order chi connectivity index (χ0) is 23.2. The minimum absolute atomic E-state index is 0.0261. The van der Waals surface area contributed by atoms with Gasteiger partial charge in [-0.25, -0.2) is 10.1 Å². The molecule has 1 fully saturated rings. The van der Waals surface area contributed by atoms with Gasteiger partial charge < -0.3 is 19.9 Å². The number of hydrazone groups is 1. The van der Waals surface area contributed by atoms with Crippen LogP contribution in [0.2, 0.25) is 0 Å². The number of carbonyl (C=O) groups excluding carboxylic acids is 1. The van der Waals surface area contributed by atoms with E-state index >= 15 is 0 Å². The van der Waals surface area contributed by atoms with Gasteiger partial charge in [-0.1, -0.05) is 11.3 Å². The minimum atomic E-state index is -0.558. The number of nitrogen functional groups attached to an aromatic ring is 1. The molecule has 3 heterocycles. The maximum Gasteiger partial charge on any atom is 0.293 e. The van der Waals surface area contributed by atoms with Crippen LogP contribution in [0.25, 0.3) is 5.82 Å². The maximum absolute atomic E-state index is 12.9. The fourth-order valence-corrected chi connectivity index (χ4v) is 3.33. The highest BCUT2D eigenvalue weighted by Gasteiger charge is 2.26. The number of para-hydroxylation sites is 1. The Labute approximate surface area is 188 Å². The van der Waals surface area contributed by atoms with Crippen molar-refractivity contribution in [1.29, 1.82) is 0 Å². The summed E-state index contributed by atoms with van der Waals surface area (Å²) >= 11 is 0. The number of ether oxygens (including phenoxy) is 3. The second-order valence-corrected chi connectivity index (χ2v) is 6.94. The van der Waals surface area contributed by atoms with Crippen molar-refractivity contribution in [3.63, 3.8) is 0 Å². The maximum atomic E-state index is 12.9. The number of nitrogens with one attached hydrogen (secondary N) is 1. The molecule has 14 heteroatoms. The smallest absolute Gasteiger partial charge is 0.293 e. The fraction of sp³-hybridized carbons (Fsp3) is 0.368. The van der Waals surface area contributed by atoms with E-state index in [1.807, 2.05) is 0 Å². The molecule has 1 aromatic carbocycles. The average molecular weight is 457 g/mol. The normalized spacial score (nSPS) is 14.5. The van der Waals surface area contributed by atoms with Gasteiger partial charge in [0, 0.05) is 25.2 Å². The third kappa shape index (κ3) is 4.75. The van der Waals surface area contributed by atoms with Gasteiger partial charge in [-0.3, -0.25) is 9.69 Å². The molecule has 1 aliphatic rings. The van der Waals surface area contributed by atoms with Crippen LogP contribution in [-0.2, 0) is 11.3 Å². The average Bonchev–Trinajstić information content (AvgIpc) is 3.45. The van der Waals surface area contributed by atoms with Crippen LogP contribution in [0, 0.1) is 0 Å². The van der Waals surface area contributed by atoms with Gasteiger partial charge in [0.1, 0.15) is 0 Å². The molecule has 0 aliphatic carbocycles. The highest BCUT2D eigenvalue weighted by molar-refractivity contribution is 5.94. The van der Waals surface area contributed by atoms with E-state index in [1.54, 1.807) is 18.2 Å². The minimum Gasteiger partial charge on any atom is -0.493 e. The second kappa shape index (κ2) is 10.1. The molecule has 0 unspecified atom stereocenters. The van der Waals surface area contributed by atoms with Gasteiger partial charge in [0.25, 0.3) is 5.91 Å². The molecule has 1 aliphatic heterocycles. The van der Waals surface area contributed by atoms with E-state index in [-0.39, 0.29) is 17.3 Å². The van der Waals surface area contributed by atoms with Crippen LogP contribution in [0.4, 0.5) is 5.82 Å². The summed E-state index contributed by atoms with van der Waals surface area (Å²) in [6.07, 6.45) is 1.45. The van der Waals surface area contributed by atoms with Crippen molar-refractivity contribution in [2.45, 2.75) is 6.54 Å². The summed E-state index contributed by atoms with van der Waals surface area (Å²) < 4.78 is 22.0. The molecule has 33 heavy (non-hydrogen) atoms. The molecular formula is C19H23N9O5. The van der Waals surface area contributed by atoms with Crippen LogP contribution < -0.4 is 20.6 Å². The summed E-state index contributed by atoms with van der Waals surface area (Å²) in [6.45, 7) is 2.91. The summed E-state index contributed by atoms with van der Waals surface area (Å²) in [5, 5.41) is 19.4. The molecule has 4 rings (SSSR count). The van der Waals surface area contributed by atoms with Crippen molar-refractivity contribution in [2.24, 2.45) is 5.10 Å². The Kier molecular flexibility index (Phi) is 6.75. The number of nitrogens with two attached hydrogens (primary N) is 1. The zero-order valence-electron chi connectivity index (χ0n) is 18.1. The number of aromatic nitrogens is 5. The van der Waals surface area contributed by atoms with E-state index in [0.29, 0.717) is 55.6 Å². The van der Waals surface area contributed by atoms with Crippen LogP contribution >= 0.6 is 0 Å². The Bertz CT molecular complexity index is 1140. The van der Waals surface area contributed by atoms with Gasteiger partial charge in [0.2, 0.25) is 11.6 Å². The Balaban J connectivity index is 1.58. The molecule has 3 N–H and O–H groups in total. The first kappa shape index (κ1) is 22.2. The molecule has 0 atom stereocenters. The van der Waals surface area contributed by atoms with Gasteiger partial charge in [-0.2, -0.15) is 9.78 Å². The number of hydrogen-bond donors (Lipinski definition) is 2. The summed E-state index contributed by atoms with van der Waals surface area (Å²) in [5.74, 6) is 0.651. The lowest BCUT2D eigenvalue weighted by atomic mass is 10.2. The molecule has 0 saturated carbocycles. The third-order valence-electron chi connectivity index (χ3n) is 4.95. The van der Waals surface area contributed by atoms with Crippen molar-refractivity contribution < 1.29 is 23.6 Å². The molecule has 0 radical (unpaired) electrons. The number of hydrogen-bond acceptors (Lipinski definition) is 12. The number of anilines is 1. The van der Waals surface area contributed by atoms with Gasteiger partial charge in [0.15, 0.2) is 17.2 Å². The Hall–Kier alpha value is -4.04. The van der Waals surface area contributed by atoms with Crippen molar-refractivity contribution in [3.05, 3.63) is 35.2 Å². The number of amides is 1. The first-order chi connectivity index (χ1) is 16.1. The molecule has 1 saturated heterocycles. The van der Waals surface area contributed by atoms with Crippen LogP contribution in [0.3, 0.4) is 0 Å².